The van der Waals surface area contributed by atoms with Gasteiger partial charge in [0.25, 0.3) is 0 Å². The average Bonchev–Trinajstić information content (AvgIpc) is 2.43. The van der Waals surface area contributed by atoms with Crippen molar-refractivity contribution in [2.45, 2.75) is 0 Å². The normalized spacial score (nSPS) is 10.5. The van der Waals surface area contributed by atoms with E-state index in [9.17, 15) is 9.59 Å². The van der Waals surface area contributed by atoms with Gasteiger partial charge >= 0.3 is 11.4 Å². The fraction of sp³-hybridized carbons (Fsp3) is 0.167. The Kier molecular flexibility index (Phi) is 1.44. The van der Waals surface area contributed by atoms with Crippen LogP contribution >= 0.6 is 0 Å². The Morgan fingerprint density at radius 2 is 2.00 bits per heavy atom. The van der Waals surface area contributed by atoms with Gasteiger partial charge in [0, 0.05) is 7.05 Å². The van der Waals surface area contributed by atoms with E-state index in [1.165, 1.54) is 0 Å². The summed E-state index contributed by atoms with van der Waals surface area (Å²) in [5.41, 5.74) is -0.0799. The van der Waals surface area contributed by atoms with Gasteiger partial charge in [-0.2, -0.15) is 4.98 Å². The minimum absolute atomic E-state index is 0.342. The number of rotatable bonds is 1. The topological polar surface area (TPSA) is 106 Å². The van der Waals surface area contributed by atoms with E-state index in [2.05, 4.69) is 25.3 Å². The minimum Gasteiger partial charge on any atom is -0.371 e. The molecule has 0 radical (unpaired) electrons. The fourth-order valence-electron chi connectivity index (χ4n) is 1.13. The van der Waals surface area contributed by atoms with E-state index in [0.717, 1.165) is 0 Å². The molecule has 2 aromatic rings. The number of hydrogen-bond acceptors (Lipinski definition) is 4. The van der Waals surface area contributed by atoms with Gasteiger partial charge in [0.15, 0.2) is 5.82 Å². The summed E-state index contributed by atoms with van der Waals surface area (Å²) in [4.78, 5) is 32.7. The van der Waals surface area contributed by atoms with Crippen LogP contribution in [0, 0.1) is 0 Å². The smallest absolute Gasteiger partial charge is 0.348 e. The van der Waals surface area contributed by atoms with E-state index in [4.69, 9.17) is 0 Å². The second kappa shape index (κ2) is 2.47. The Hall–Kier alpha value is -2.05. The van der Waals surface area contributed by atoms with Gasteiger partial charge in [0.1, 0.15) is 11.2 Å². The Morgan fingerprint density at radius 3 is 2.69 bits per heavy atom. The number of fused-ring (bicyclic) bond motifs is 1. The molecule has 2 heterocycles. The van der Waals surface area contributed by atoms with Crippen LogP contribution in [0.3, 0.4) is 0 Å². The molecule has 0 saturated heterocycles. The number of nitrogens with zero attached hydrogens (tertiary/aromatic N) is 1. The molecule has 0 spiro atoms. The molecule has 2 aromatic heterocycles. The highest BCUT2D eigenvalue weighted by Gasteiger charge is 2.05. The minimum atomic E-state index is -0.507. The van der Waals surface area contributed by atoms with Crippen molar-refractivity contribution in [3.05, 3.63) is 21.0 Å². The molecule has 68 valence electrons. The third-order valence-electron chi connectivity index (χ3n) is 1.65. The maximum atomic E-state index is 10.9. The van der Waals surface area contributed by atoms with Crippen molar-refractivity contribution in [2.75, 3.05) is 12.4 Å². The van der Waals surface area contributed by atoms with Gasteiger partial charge in [-0.15, -0.1) is 0 Å². The van der Waals surface area contributed by atoms with Gasteiger partial charge in [-0.05, 0) is 0 Å². The molecule has 0 unspecified atom stereocenters. The lowest BCUT2D eigenvalue weighted by Gasteiger charge is -1.97. The van der Waals surface area contributed by atoms with Crippen LogP contribution in [-0.2, 0) is 0 Å². The third kappa shape index (κ3) is 1.10. The molecule has 0 amide bonds. The molecule has 0 atom stereocenters. The highest BCUT2D eigenvalue weighted by Crippen LogP contribution is 2.09. The lowest BCUT2D eigenvalue weighted by Crippen LogP contribution is -2.12. The Labute approximate surface area is 71.2 Å². The van der Waals surface area contributed by atoms with E-state index in [1.807, 2.05) is 0 Å². The molecule has 7 heteroatoms. The zero-order valence-electron chi connectivity index (χ0n) is 6.76. The fourth-order valence-corrected chi connectivity index (χ4v) is 1.13. The van der Waals surface area contributed by atoms with Crippen LogP contribution in [0.1, 0.15) is 0 Å². The first-order valence-corrected chi connectivity index (χ1v) is 3.61. The Bertz CT molecular complexity index is 548. The summed E-state index contributed by atoms with van der Waals surface area (Å²) in [6.07, 6.45) is 0. The van der Waals surface area contributed by atoms with Crippen LogP contribution in [0.25, 0.3) is 11.2 Å². The van der Waals surface area contributed by atoms with Crippen molar-refractivity contribution < 1.29 is 0 Å². The van der Waals surface area contributed by atoms with E-state index in [-0.39, 0.29) is 5.69 Å². The first kappa shape index (κ1) is 7.59. The molecule has 4 N–H and O–H groups in total. The van der Waals surface area contributed by atoms with Crippen LogP contribution in [0.5, 0.6) is 0 Å². The monoisotopic (exact) mass is 181 g/mol. The number of hydrogen-bond donors (Lipinski definition) is 4. The number of imidazole rings is 1. The van der Waals surface area contributed by atoms with Crippen molar-refractivity contribution in [3.8, 4) is 0 Å². The zero-order chi connectivity index (χ0) is 9.42. The summed E-state index contributed by atoms with van der Waals surface area (Å²) in [5.74, 6) is 0.345. The summed E-state index contributed by atoms with van der Waals surface area (Å²) < 4.78 is 0. The van der Waals surface area contributed by atoms with E-state index >= 15 is 0 Å². The van der Waals surface area contributed by atoms with Gasteiger partial charge in [-0.3, -0.25) is 9.97 Å². The molecule has 0 bridgehead atoms. The molecule has 0 fully saturated rings. The number of H-pyrrole nitrogens is 3. The van der Waals surface area contributed by atoms with Crippen molar-refractivity contribution in [1.29, 1.82) is 0 Å². The van der Waals surface area contributed by atoms with Crippen molar-refractivity contribution in [3.63, 3.8) is 0 Å². The van der Waals surface area contributed by atoms with Crippen LogP contribution < -0.4 is 16.7 Å². The van der Waals surface area contributed by atoms with Gasteiger partial charge in [0.2, 0.25) is 0 Å². The lowest BCUT2D eigenvalue weighted by molar-refractivity contribution is 1.10. The average molecular weight is 181 g/mol. The quantitative estimate of drug-likeness (QED) is 0.451. The van der Waals surface area contributed by atoms with Crippen LogP contribution in [0.15, 0.2) is 9.59 Å². The summed E-state index contributed by atoms with van der Waals surface area (Å²) in [6.45, 7) is 0. The molecule has 0 aliphatic heterocycles. The van der Waals surface area contributed by atoms with Gasteiger partial charge in [-0.25, -0.2) is 9.59 Å². The maximum Gasteiger partial charge on any atom is 0.348 e. The largest absolute Gasteiger partial charge is 0.371 e. The van der Waals surface area contributed by atoms with Crippen molar-refractivity contribution in [1.82, 2.24) is 19.9 Å². The third-order valence-corrected chi connectivity index (χ3v) is 1.65. The number of nitrogens with one attached hydrogen (secondary N) is 4. The maximum absolute atomic E-state index is 10.9. The molecule has 0 aromatic carbocycles. The van der Waals surface area contributed by atoms with Crippen molar-refractivity contribution >= 4 is 17.0 Å². The SMILES string of the molecule is CNc1nc(=O)[nH]c2[nH]c(=O)[nH]c12. The molecule has 0 saturated carbocycles. The number of aromatic amines is 3. The molecule has 0 aliphatic carbocycles. The predicted octanol–water partition coefficient (Wildman–Crippen LogP) is -1.02. The summed E-state index contributed by atoms with van der Waals surface area (Å²) in [7, 11) is 1.62. The van der Waals surface area contributed by atoms with Crippen LogP contribution in [0.2, 0.25) is 0 Å². The molecule has 7 nitrogen and oxygen atoms in total. The van der Waals surface area contributed by atoms with E-state index in [1.54, 1.807) is 7.05 Å². The second-order valence-corrected chi connectivity index (χ2v) is 2.47. The van der Waals surface area contributed by atoms with Crippen LogP contribution in [0.4, 0.5) is 5.82 Å². The summed E-state index contributed by atoms with van der Waals surface area (Å²) in [5, 5.41) is 2.70. The molecular weight excluding hydrogens is 174 g/mol. The Balaban J connectivity index is 2.96. The Morgan fingerprint density at radius 1 is 1.23 bits per heavy atom. The first-order chi connectivity index (χ1) is 6.20. The van der Waals surface area contributed by atoms with Crippen molar-refractivity contribution in [2.24, 2.45) is 0 Å². The molecule has 0 aliphatic rings. The van der Waals surface area contributed by atoms with E-state index in [0.29, 0.717) is 17.0 Å². The summed E-state index contributed by atoms with van der Waals surface area (Å²) in [6, 6.07) is 0. The first-order valence-electron chi connectivity index (χ1n) is 3.61. The second-order valence-electron chi connectivity index (χ2n) is 2.47. The van der Waals surface area contributed by atoms with Crippen LogP contribution in [-0.4, -0.2) is 27.0 Å². The zero-order valence-corrected chi connectivity index (χ0v) is 6.76. The number of anilines is 1. The molecule has 13 heavy (non-hydrogen) atoms. The standard InChI is InChI=1S/C6H7N5O2/c1-7-3-2-4(10-5(12)8-2)11-6(13)9-3/h1H3,(H4,7,8,9,10,11,12,13). The lowest BCUT2D eigenvalue weighted by atomic mass is 10.5. The van der Waals surface area contributed by atoms with E-state index < -0.39 is 5.69 Å². The summed E-state index contributed by atoms with van der Waals surface area (Å²) >= 11 is 0. The predicted molar refractivity (Wildman–Crippen MR) is 46.9 cm³/mol. The highest BCUT2D eigenvalue weighted by atomic mass is 16.1. The van der Waals surface area contributed by atoms with Gasteiger partial charge in [-0.1, -0.05) is 0 Å². The van der Waals surface area contributed by atoms with Gasteiger partial charge < -0.3 is 10.3 Å². The molecular formula is C6H7N5O2. The molecule has 2 rings (SSSR count). The highest BCUT2D eigenvalue weighted by molar-refractivity contribution is 5.81. The number of aromatic nitrogens is 4. The van der Waals surface area contributed by atoms with Gasteiger partial charge in [0.05, 0.1) is 0 Å².